The molecule has 0 saturated heterocycles. The summed E-state index contributed by atoms with van der Waals surface area (Å²) in [5, 5.41) is 70.8. The highest BCUT2D eigenvalue weighted by Crippen LogP contribution is 2.67. The van der Waals surface area contributed by atoms with Gasteiger partial charge >= 0.3 is 17.9 Å². The Labute approximate surface area is 333 Å². The summed E-state index contributed by atoms with van der Waals surface area (Å²) in [7, 11) is 0. The first-order valence-electron chi connectivity index (χ1n) is 19.3. The molecular weight excluding hydrogens is 709 g/mol. The van der Waals surface area contributed by atoms with Gasteiger partial charge in [0.2, 0.25) is 0 Å². The molecule has 3 unspecified atom stereocenters. The predicted octanol–water partition coefficient (Wildman–Crippen LogP) is 10.5. The van der Waals surface area contributed by atoms with Crippen molar-refractivity contribution in [1.29, 1.82) is 0 Å². The van der Waals surface area contributed by atoms with Gasteiger partial charge in [-0.1, -0.05) is 101 Å². The summed E-state index contributed by atoms with van der Waals surface area (Å²) < 4.78 is 0. The van der Waals surface area contributed by atoms with Crippen molar-refractivity contribution in [2.45, 2.75) is 159 Å². The second-order valence-electron chi connectivity index (χ2n) is 20.1. The van der Waals surface area contributed by atoms with E-state index < -0.39 is 62.7 Å². The van der Waals surface area contributed by atoms with Crippen LogP contribution in [0.4, 0.5) is 0 Å². The number of carbonyl (C=O) groups is 3. The van der Waals surface area contributed by atoms with Crippen molar-refractivity contribution in [2.24, 2.45) is 10.8 Å². The zero-order chi connectivity index (χ0) is 43.7. The van der Waals surface area contributed by atoms with Gasteiger partial charge in [-0.15, -0.1) is 0 Å². The van der Waals surface area contributed by atoms with Gasteiger partial charge in [0, 0.05) is 5.41 Å². The number of aryl methyl sites for hydroxylation is 3. The van der Waals surface area contributed by atoms with Gasteiger partial charge < -0.3 is 30.6 Å². The van der Waals surface area contributed by atoms with Gasteiger partial charge in [0.15, 0.2) is 0 Å². The lowest BCUT2D eigenvalue weighted by Crippen LogP contribution is -2.57. The van der Waals surface area contributed by atoms with Crippen LogP contribution in [-0.2, 0) is 30.6 Å². The monoisotopic (exact) mass is 774 g/mol. The van der Waals surface area contributed by atoms with E-state index in [-0.39, 0.29) is 50.6 Å². The van der Waals surface area contributed by atoms with Gasteiger partial charge in [-0.3, -0.25) is 14.4 Å². The molecule has 0 amide bonds. The molecule has 0 aliphatic rings. The highest BCUT2D eigenvalue weighted by atomic mass is 16.4. The van der Waals surface area contributed by atoms with Crippen molar-refractivity contribution in [2.75, 3.05) is 0 Å². The molecule has 3 aromatic rings. The maximum Gasteiger partial charge on any atom is 0.311 e. The van der Waals surface area contributed by atoms with E-state index in [9.17, 15) is 45.0 Å². The van der Waals surface area contributed by atoms with Crippen LogP contribution in [0.25, 0.3) is 0 Å². The van der Waals surface area contributed by atoms with Crippen LogP contribution >= 0.6 is 0 Å². The number of hydrogen-bond donors (Lipinski definition) is 6. The Morgan fingerprint density at radius 3 is 0.768 bits per heavy atom. The van der Waals surface area contributed by atoms with E-state index in [1.54, 1.807) is 80.5 Å². The van der Waals surface area contributed by atoms with E-state index in [4.69, 9.17) is 0 Å². The molecule has 308 valence electrons. The minimum Gasteiger partial charge on any atom is -0.507 e. The first-order chi connectivity index (χ1) is 25.1. The molecule has 0 aliphatic carbocycles. The molecule has 0 heterocycles. The van der Waals surface area contributed by atoms with Gasteiger partial charge in [0.25, 0.3) is 0 Å². The average Bonchev–Trinajstić information content (AvgIpc) is 3.00. The van der Waals surface area contributed by atoms with Gasteiger partial charge in [-0.2, -0.15) is 0 Å². The first kappa shape index (κ1) is 45.9. The number of hydrogen-bond acceptors (Lipinski definition) is 6. The first-order valence-corrected chi connectivity index (χ1v) is 19.3. The maximum absolute atomic E-state index is 14.5. The second-order valence-corrected chi connectivity index (χ2v) is 20.1. The lowest BCUT2D eigenvalue weighted by atomic mass is 9.44. The molecular formula is C47H66O9. The highest BCUT2D eigenvalue weighted by Gasteiger charge is 2.67. The molecule has 0 bridgehead atoms. The third-order valence-electron chi connectivity index (χ3n) is 12.2. The second kappa shape index (κ2) is 14.8. The van der Waals surface area contributed by atoms with Crippen LogP contribution in [0.3, 0.4) is 0 Å². The highest BCUT2D eigenvalue weighted by molar-refractivity contribution is 5.90. The molecule has 9 nitrogen and oxygen atoms in total. The van der Waals surface area contributed by atoms with Crippen molar-refractivity contribution in [3.8, 4) is 17.2 Å². The molecule has 0 aliphatic heterocycles. The molecule has 0 fully saturated rings. The molecule has 0 radical (unpaired) electrons. The zero-order valence-corrected chi connectivity index (χ0v) is 36.9. The molecule has 0 saturated carbocycles. The molecule has 3 atom stereocenters. The normalized spacial score (nSPS) is 15.5. The number of benzene rings is 3. The summed E-state index contributed by atoms with van der Waals surface area (Å²) in [5.74, 6) is -10.6. The summed E-state index contributed by atoms with van der Waals surface area (Å²) in [6, 6.07) is 5.11. The fourth-order valence-electron chi connectivity index (χ4n) is 9.51. The Morgan fingerprint density at radius 2 is 0.625 bits per heavy atom. The van der Waals surface area contributed by atoms with Crippen LogP contribution < -0.4 is 0 Å². The Hall–Kier alpha value is -4.53. The maximum atomic E-state index is 14.5. The minimum absolute atomic E-state index is 0.104. The van der Waals surface area contributed by atoms with Crippen LogP contribution in [-0.4, -0.2) is 48.5 Å². The smallest absolute Gasteiger partial charge is 0.311 e. The van der Waals surface area contributed by atoms with E-state index in [1.807, 2.05) is 62.3 Å². The van der Waals surface area contributed by atoms with Gasteiger partial charge in [0.05, 0.1) is 17.8 Å². The Morgan fingerprint density at radius 1 is 0.429 bits per heavy atom. The van der Waals surface area contributed by atoms with E-state index in [0.717, 1.165) is 0 Å². The summed E-state index contributed by atoms with van der Waals surface area (Å²) in [6.07, 6.45) is 0. The topological polar surface area (TPSA) is 173 Å². The third-order valence-corrected chi connectivity index (χ3v) is 12.2. The fourth-order valence-corrected chi connectivity index (χ4v) is 9.51. The van der Waals surface area contributed by atoms with Crippen LogP contribution in [0, 0.1) is 52.4 Å². The van der Waals surface area contributed by atoms with Crippen LogP contribution in [0.5, 0.6) is 17.2 Å². The number of aromatic hydroxyl groups is 3. The Bertz CT molecular complexity index is 1850. The number of aliphatic carboxylic acids is 3. The van der Waals surface area contributed by atoms with Gasteiger partial charge in [-0.25, -0.2) is 0 Å². The molecule has 6 N–H and O–H groups in total. The lowest BCUT2D eigenvalue weighted by Gasteiger charge is -2.56. The van der Waals surface area contributed by atoms with Crippen molar-refractivity contribution in [3.05, 3.63) is 85.0 Å². The lowest BCUT2D eigenvalue weighted by molar-refractivity contribution is -0.163. The number of phenols is 3. The number of rotatable bonds is 9. The molecule has 0 aromatic heterocycles. The largest absolute Gasteiger partial charge is 0.507 e. The molecule has 3 aromatic carbocycles. The Balaban J connectivity index is 2.95. The van der Waals surface area contributed by atoms with E-state index >= 15 is 0 Å². The Kier molecular flexibility index (Phi) is 12.1. The zero-order valence-electron chi connectivity index (χ0n) is 36.9. The molecule has 0 spiro atoms. The van der Waals surface area contributed by atoms with Crippen molar-refractivity contribution in [1.82, 2.24) is 0 Å². The number of carboxylic acid groups (broad SMARTS) is 3. The van der Waals surface area contributed by atoms with Gasteiger partial charge in [-0.05, 0) is 130 Å². The molecule has 9 heteroatoms. The molecule has 3 rings (SSSR count). The van der Waals surface area contributed by atoms with Gasteiger partial charge in [0.1, 0.15) is 17.2 Å². The molecule has 56 heavy (non-hydrogen) atoms. The summed E-state index contributed by atoms with van der Waals surface area (Å²) in [4.78, 5) is 43.5. The van der Waals surface area contributed by atoms with Crippen LogP contribution in [0.1, 0.15) is 168 Å². The predicted molar refractivity (Wildman–Crippen MR) is 222 cm³/mol. The minimum atomic E-state index is -2.32. The standard InChI is InChI=1S/C47H66O9/c1-22-19-28(43(7,8)9)37(48)25(4)31(22)34(40(51)52)47(46(16,17)18,35(41(53)54)32-23(2)20-29(44(10,11)12)38(49)26(32)5)36(42(55)56)33-24(3)21-30(45(13,14)15)39(50)27(33)6/h19-21,34-36,48-50H,1-18H3,(H,51,52)(H,53,54)(H,55,56). The number of carboxylic acids is 3. The van der Waals surface area contributed by atoms with E-state index in [2.05, 4.69) is 0 Å². The van der Waals surface area contributed by atoms with E-state index in [0.29, 0.717) is 33.4 Å². The summed E-state index contributed by atoms with van der Waals surface area (Å²) >= 11 is 0. The third kappa shape index (κ3) is 7.50. The van der Waals surface area contributed by atoms with Crippen LogP contribution in [0.2, 0.25) is 0 Å². The number of phenolic OH excluding ortho intramolecular Hbond substituents is 3. The van der Waals surface area contributed by atoms with E-state index in [1.165, 1.54) is 0 Å². The van der Waals surface area contributed by atoms with Crippen LogP contribution in [0.15, 0.2) is 18.2 Å². The van der Waals surface area contributed by atoms with Crippen molar-refractivity contribution >= 4 is 17.9 Å². The fraction of sp³-hybridized carbons (Fsp3) is 0.553. The summed E-state index contributed by atoms with van der Waals surface area (Å²) in [6.45, 7) is 32.0. The SMILES string of the molecule is Cc1cc(C(C)(C)C)c(O)c(C)c1C(C(=O)O)C(C(C(=O)O)c1c(C)cc(C(C)(C)C)c(O)c1C)(C(C(=O)O)c1c(C)cc(C(C)(C)C)c(O)c1C)C(C)(C)C. The average molecular weight is 775 g/mol. The van der Waals surface area contributed by atoms with Crippen molar-refractivity contribution < 1.29 is 45.0 Å². The summed E-state index contributed by atoms with van der Waals surface area (Å²) in [5.41, 5.74) is -1.60. The quantitative estimate of drug-likeness (QED) is 0.124. The van der Waals surface area contributed by atoms with Crippen molar-refractivity contribution in [3.63, 3.8) is 0 Å².